The molecule has 1 rings (SSSR count). The number of benzene rings is 1. The lowest BCUT2D eigenvalue weighted by Gasteiger charge is -2.03. The average molecular weight is 201 g/mol. The fourth-order valence-electron chi connectivity index (χ4n) is 1.22. The minimum atomic E-state index is -0.598. The first-order valence-electron chi connectivity index (χ1n) is 4.45. The highest BCUT2D eigenvalue weighted by Gasteiger charge is 2.13. The van der Waals surface area contributed by atoms with E-state index >= 15 is 0 Å². The molecule has 0 heterocycles. The molecule has 0 aromatic heterocycles. The van der Waals surface area contributed by atoms with E-state index in [4.69, 9.17) is 5.26 Å². The zero-order valence-electron chi connectivity index (χ0n) is 8.65. The van der Waals surface area contributed by atoms with Crippen molar-refractivity contribution in [3.05, 3.63) is 41.5 Å². The molecule has 0 saturated carbocycles. The molecule has 0 aliphatic carbocycles. The van der Waals surface area contributed by atoms with Crippen molar-refractivity contribution in [2.45, 2.75) is 6.92 Å². The van der Waals surface area contributed by atoms with Crippen LogP contribution in [0, 0.1) is 11.3 Å². The molecule has 0 aliphatic heterocycles. The molecule has 3 heteroatoms. The highest BCUT2D eigenvalue weighted by atomic mass is 16.5. The minimum Gasteiger partial charge on any atom is -0.465 e. The van der Waals surface area contributed by atoms with Gasteiger partial charge in [0.1, 0.15) is 11.6 Å². The van der Waals surface area contributed by atoms with Crippen molar-refractivity contribution in [3.63, 3.8) is 0 Å². The molecular formula is C12H11NO2. The number of esters is 1. The highest BCUT2D eigenvalue weighted by molar-refractivity contribution is 6.01. The topological polar surface area (TPSA) is 50.1 Å². The summed E-state index contributed by atoms with van der Waals surface area (Å²) in [6.45, 7) is 1.73. The number of carbonyl (C=O) groups excluding carboxylic acids is 1. The fraction of sp³-hybridized carbons (Fsp3) is 0.167. The van der Waals surface area contributed by atoms with Crippen LogP contribution in [-0.4, -0.2) is 13.1 Å². The van der Waals surface area contributed by atoms with Gasteiger partial charge in [-0.3, -0.25) is 0 Å². The van der Waals surface area contributed by atoms with Gasteiger partial charge in [0.05, 0.1) is 7.11 Å². The molecule has 76 valence electrons. The maximum atomic E-state index is 11.3. The lowest BCUT2D eigenvalue weighted by Crippen LogP contribution is -2.05. The summed E-state index contributed by atoms with van der Waals surface area (Å²) >= 11 is 0. The highest BCUT2D eigenvalue weighted by Crippen LogP contribution is 2.18. The average Bonchev–Trinajstić information content (AvgIpc) is 2.30. The Labute approximate surface area is 88.6 Å². The molecule has 0 N–H and O–H groups in total. The van der Waals surface area contributed by atoms with Crippen molar-refractivity contribution in [2.24, 2.45) is 0 Å². The van der Waals surface area contributed by atoms with Crippen LogP contribution in [0.5, 0.6) is 0 Å². The summed E-state index contributed by atoms with van der Waals surface area (Å²) in [5.74, 6) is -0.598. The number of allylic oxidation sites excluding steroid dienone is 1. The number of nitriles is 1. The molecule has 0 fully saturated rings. The van der Waals surface area contributed by atoms with Crippen LogP contribution in [0.1, 0.15) is 12.5 Å². The molecule has 0 aliphatic rings. The summed E-state index contributed by atoms with van der Waals surface area (Å²) in [6, 6.07) is 11.1. The molecule has 0 amide bonds. The van der Waals surface area contributed by atoms with Gasteiger partial charge < -0.3 is 4.74 Å². The van der Waals surface area contributed by atoms with Gasteiger partial charge in [-0.15, -0.1) is 0 Å². The Kier molecular flexibility index (Phi) is 3.64. The second-order valence-corrected chi connectivity index (χ2v) is 2.97. The summed E-state index contributed by atoms with van der Waals surface area (Å²) in [4.78, 5) is 11.3. The van der Waals surface area contributed by atoms with Crippen molar-refractivity contribution >= 4 is 11.5 Å². The van der Waals surface area contributed by atoms with Crippen molar-refractivity contribution in [1.82, 2.24) is 0 Å². The van der Waals surface area contributed by atoms with E-state index in [-0.39, 0.29) is 5.57 Å². The van der Waals surface area contributed by atoms with Crippen molar-refractivity contribution in [2.75, 3.05) is 7.11 Å². The molecule has 3 nitrogen and oxygen atoms in total. The number of hydrogen-bond donors (Lipinski definition) is 0. The van der Waals surface area contributed by atoms with Crippen LogP contribution >= 0.6 is 0 Å². The maximum absolute atomic E-state index is 11.3. The molecule has 15 heavy (non-hydrogen) atoms. The third-order valence-electron chi connectivity index (χ3n) is 2.08. The van der Waals surface area contributed by atoms with Crippen molar-refractivity contribution < 1.29 is 9.53 Å². The molecular weight excluding hydrogens is 190 g/mol. The quantitative estimate of drug-likeness (QED) is 0.418. The van der Waals surface area contributed by atoms with Crippen LogP contribution in [-0.2, 0) is 9.53 Å². The van der Waals surface area contributed by atoms with Crippen molar-refractivity contribution in [3.8, 4) is 6.07 Å². The van der Waals surface area contributed by atoms with Gasteiger partial charge in [0.25, 0.3) is 0 Å². The Morgan fingerprint density at radius 2 is 1.93 bits per heavy atom. The minimum absolute atomic E-state index is 0.0451. The lowest BCUT2D eigenvalue weighted by atomic mass is 10.0. The van der Waals surface area contributed by atoms with E-state index in [9.17, 15) is 4.79 Å². The molecule has 0 atom stereocenters. The van der Waals surface area contributed by atoms with E-state index in [1.165, 1.54) is 7.11 Å². The van der Waals surface area contributed by atoms with Gasteiger partial charge in [-0.05, 0) is 18.1 Å². The van der Waals surface area contributed by atoms with Gasteiger partial charge in [0.2, 0.25) is 0 Å². The summed E-state index contributed by atoms with van der Waals surface area (Å²) in [5.41, 5.74) is 1.52. The summed E-state index contributed by atoms with van der Waals surface area (Å²) in [6.07, 6.45) is 0. The van der Waals surface area contributed by atoms with Gasteiger partial charge in [-0.25, -0.2) is 4.79 Å². The number of rotatable bonds is 2. The maximum Gasteiger partial charge on any atom is 0.348 e. The van der Waals surface area contributed by atoms with E-state index < -0.39 is 5.97 Å². The second kappa shape index (κ2) is 4.97. The van der Waals surface area contributed by atoms with Gasteiger partial charge >= 0.3 is 5.97 Å². The van der Waals surface area contributed by atoms with Gasteiger partial charge in [-0.1, -0.05) is 30.3 Å². The van der Waals surface area contributed by atoms with Crippen LogP contribution in [0.15, 0.2) is 35.9 Å². The fourth-order valence-corrected chi connectivity index (χ4v) is 1.22. The molecule has 0 bridgehead atoms. The number of methoxy groups -OCH3 is 1. The monoisotopic (exact) mass is 201 g/mol. The Morgan fingerprint density at radius 3 is 2.40 bits per heavy atom. The van der Waals surface area contributed by atoms with Crippen LogP contribution in [0.25, 0.3) is 5.57 Å². The molecule has 0 radical (unpaired) electrons. The zero-order chi connectivity index (χ0) is 11.3. The molecule has 0 unspecified atom stereocenters. The molecule has 0 saturated heterocycles. The standard InChI is InChI=1S/C12H11NO2/c1-9(10-6-4-3-5-7-10)11(8-13)12(14)15-2/h3-7H,1-2H3/b11-9-. The normalized spacial score (nSPS) is 11.3. The predicted octanol–water partition coefficient (Wildman–Crippen LogP) is 2.16. The Bertz CT molecular complexity index is 427. The number of hydrogen-bond acceptors (Lipinski definition) is 3. The number of ether oxygens (including phenoxy) is 1. The van der Waals surface area contributed by atoms with Crippen LogP contribution in [0.3, 0.4) is 0 Å². The lowest BCUT2D eigenvalue weighted by molar-refractivity contribution is -0.135. The zero-order valence-corrected chi connectivity index (χ0v) is 8.65. The second-order valence-electron chi connectivity index (χ2n) is 2.97. The third-order valence-corrected chi connectivity index (χ3v) is 2.08. The molecule has 1 aromatic carbocycles. The molecule has 0 spiro atoms. The third kappa shape index (κ3) is 2.44. The van der Waals surface area contributed by atoms with Crippen LogP contribution in [0.2, 0.25) is 0 Å². The number of carbonyl (C=O) groups is 1. The van der Waals surface area contributed by atoms with E-state index in [0.29, 0.717) is 5.57 Å². The Hall–Kier alpha value is -2.08. The first-order valence-corrected chi connectivity index (χ1v) is 4.45. The van der Waals surface area contributed by atoms with Gasteiger partial charge in [0.15, 0.2) is 0 Å². The Morgan fingerprint density at radius 1 is 1.33 bits per heavy atom. The molecule has 1 aromatic rings. The Balaban J connectivity index is 3.20. The van der Waals surface area contributed by atoms with Gasteiger partial charge in [0, 0.05) is 0 Å². The summed E-state index contributed by atoms with van der Waals surface area (Å²) < 4.78 is 4.53. The van der Waals surface area contributed by atoms with Crippen molar-refractivity contribution in [1.29, 1.82) is 5.26 Å². The van der Waals surface area contributed by atoms with Gasteiger partial charge in [-0.2, -0.15) is 5.26 Å². The van der Waals surface area contributed by atoms with E-state index in [1.807, 2.05) is 36.4 Å². The SMILES string of the molecule is COC(=O)/C(C#N)=C(/C)c1ccccc1. The predicted molar refractivity (Wildman–Crippen MR) is 56.7 cm³/mol. The largest absolute Gasteiger partial charge is 0.465 e. The number of nitrogens with zero attached hydrogens (tertiary/aromatic N) is 1. The summed E-state index contributed by atoms with van der Waals surface area (Å²) in [7, 11) is 1.26. The first kappa shape index (κ1) is 11.0. The summed E-state index contributed by atoms with van der Waals surface area (Å²) in [5, 5.41) is 8.85. The van der Waals surface area contributed by atoms with E-state index in [0.717, 1.165) is 5.56 Å². The van der Waals surface area contributed by atoms with Crippen LogP contribution < -0.4 is 0 Å². The van der Waals surface area contributed by atoms with E-state index in [1.54, 1.807) is 6.92 Å². The van der Waals surface area contributed by atoms with Crippen LogP contribution in [0.4, 0.5) is 0 Å². The van der Waals surface area contributed by atoms with E-state index in [2.05, 4.69) is 4.74 Å². The first-order chi connectivity index (χ1) is 7.20. The smallest absolute Gasteiger partial charge is 0.348 e.